The zero-order valence-corrected chi connectivity index (χ0v) is 16.0. The van der Waals surface area contributed by atoms with E-state index in [1.165, 1.54) is 37.1 Å². The molecule has 144 valence electrons. The second kappa shape index (κ2) is 8.06. The van der Waals surface area contributed by atoms with Crippen molar-refractivity contribution < 1.29 is 13.3 Å². The van der Waals surface area contributed by atoms with E-state index in [1.54, 1.807) is 0 Å². The third-order valence-electron chi connectivity index (χ3n) is 4.78. The van der Waals surface area contributed by atoms with Gasteiger partial charge in [0.15, 0.2) is 4.90 Å². The highest BCUT2D eigenvalue weighted by Crippen LogP contribution is 2.24. The van der Waals surface area contributed by atoms with Crippen molar-refractivity contribution in [2.24, 2.45) is 5.92 Å². The molecule has 27 heavy (non-hydrogen) atoms. The van der Waals surface area contributed by atoms with Crippen LogP contribution in [0, 0.1) is 16.0 Å². The van der Waals surface area contributed by atoms with Crippen molar-refractivity contribution in [3.05, 3.63) is 64.2 Å². The molecule has 1 aliphatic rings. The topological polar surface area (TPSA) is 92.6 Å². The summed E-state index contributed by atoms with van der Waals surface area (Å²) in [5, 5.41) is 11.1. The van der Waals surface area contributed by atoms with Crippen LogP contribution in [0.15, 0.2) is 53.4 Å². The average molecular weight is 389 g/mol. The first-order valence-electron chi connectivity index (χ1n) is 8.94. The van der Waals surface area contributed by atoms with Crippen molar-refractivity contribution >= 4 is 21.4 Å². The van der Waals surface area contributed by atoms with Crippen LogP contribution in [0.3, 0.4) is 0 Å². The summed E-state index contributed by atoms with van der Waals surface area (Å²) in [6, 6.07) is 13.1. The molecule has 1 saturated heterocycles. The predicted octanol–water partition coefficient (Wildman–Crippen LogP) is 3.31. The molecular weight excluding hydrogens is 366 g/mol. The van der Waals surface area contributed by atoms with Crippen LogP contribution in [-0.2, 0) is 16.6 Å². The van der Waals surface area contributed by atoms with Crippen molar-refractivity contribution in [1.82, 2.24) is 4.72 Å². The first-order chi connectivity index (χ1) is 12.9. The molecule has 0 radical (unpaired) electrons. The molecular formula is C19H23N3O4S. The SMILES string of the molecule is C[C@H]1CCCN(c2ccc(CNS(=O)(=O)c3ccccc3[N+](=O)[O-])cc2)C1. The van der Waals surface area contributed by atoms with Crippen LogP contribution in [0.5, 0.6) is 0 Å². The Bertz CT molecular complexity index is 913. The summed E-state index contributed by atoms with van der Waals surface area (Å²) in [7, 11) is -3.97. The highest BCUT2D eigenvalue weighted by Gasteiger charge is 2.24. The van der Waals surface area contributed by atoms with Crippen molar-refractivity contribution in [3.8, 4) is 0 Å². The van der Waals surface area contributed by atoms with Gasteiger partial charge in [-0.15, -0.1) is 0 Å². The molecule has 0 saturated carbocycles. The first-order valence-corrected chi connectivity index (χ1v) is 10.4. The molecule has 2 aromatic rings. The number of rotatable bonds is 6. The Hall–Kier alpha value is -2.45. The van der Waals surface area contributed by atoms with Crippen LogP contribution >= 0.6 is 0 Å². The van der Waals surface area contributed by atoms with E-state index >= 15 is 0 Å². The van der Waals surface area contributed by atoms with Crippen molar-refractivity contribution in [2.75, 3.05) is 18.0 Å². The van der Waals surface area contributed by atoms with Gasteiger partial charge in [0, 0.05) is 31.4 Å². The minimum absolute atomic E-state index is 0.0745. The van der Waals surface area contributed by atoms with Crippen LogP contribution in [-0.4, -0.2) is 26.4 Å². The number of hydrogen-bond acceptors (Lipinski definition) is 5. The summed E-state index contributed by atoms with van der Waals surface area (Å²) in [6.07, 6.45) is 2.43. The lowest BCUT2D eigenvalue weighted by Gasteiger charge is -2.32. The van der Waals surface area contributed by atoms with Crippen molar-refractivity contribution in [1.29, 1.82) is 0 Å². The lowest BCUT2D eigenvalue weighted by Crippen LogP contribution is -2.34. The Morgan fingerprint density at radius 2 is 1.89 bits per heavy atom. The Labute approximate surface area is 159 Å². The Balaban J connectivity index is 1.69. The van der Waals surface area contributed by atoms with E-state index in [0.717, 1.165) is 24.3 Å². The lowest BCUT2D eigenvalue weighted by molar-refractivity contribution is -0.387. The number of nitro groups is 1. The van der Waals surface area contributed by atoms with Gasteiger partial charge in [0.2, 0.25) is 10.0 Å². The molecule has 0 amide bonds. The first kappa shape index (κ1) is 19.3. The highest BCUT2D eigenvalue weighted by molar-refractivity contribution is 7.89. The second-order valence-corrected chi connectivity index (χ2v) is 8.64. The van der Waals surface area contributed by atoms with Gasteiger partial charge in [0.05, 0.1) is 4.92 Å². The minimum atomic E-state index is -3.97. The third-order valence-corrected chi connectivity index (χ3v) is 6.22. The molecule has 0 unspecified atom stereocenters. The maximum atomic E-state index is 12.5. The smallest absolute Gasteiger partial charge is 0.289 e. The average Bonchev–Trinajstić information content (AvgIpc) is 2.67. The normalized spacial score (nSPS) is 17.7. The number of nitro benzene ring substituents is 1. The largest absolute Gasteiger partial charge is 0.371 e. The minimum Gasteiger partial charge on any atom is -0.371 e. The number of para-hydroxylation sites is 1. The molecule has 1 aliphatic heterocycles. The standard InChI is InChI=1S/C19H23N3O4S/c1-15-5-4-12-21(14-15)17-10-8-16(9-11-17)13-20-27(25,26)19-7-3-2-6-18(19)22(23)24/h2-3,6-11,15,20H,4-5,12-14H2,1H3/t15-/m0/s1. The number of nitrogens with one attached hydrogen (secondary N) is 1. The van der Waals surface area contributed by atoms with E-state index in [0.29, 0.717) is 5.92 Å². The van der Waals surface area contributed by atoms with Gasteiger partial charge in [-0.05, 0) is 42.5 Å². The summed E-state index contributed by atoms with van der Waals surface area (Å²) in [6.45, 7) is 4.39. The van der Waals surface area contributed by atoms with Gasteiger partial charge in [-0.25, -0.2) is 13.1 Å². The van der Waals surface area contributed by atoms with Crippen LogP contribution in [0.1, 0.15) is 25.3 Å². The fraction of sp³-hybridized carbons (Fsp3) is 0.368. The van der Waals surface area contributed by atoms with Crippen molar-refractivity contribution in [3.63, 3.8) is 0 Å². The lowest BCUT2D eigenvalue weighted by atomic mass is 9.99. The Kier molecular flexibility index (Phi) is 5.76. The van der Waals surface area contributed by atoms with E-state index in [2.05, 4.69) is 16.5 Å². The maximum Gasteiger partial charge on any atom is 0.289 e. The van der Waals surface area contributed by atoms with Gasteiger partial charge >= 0.3 is 0 Å². The van der Waals surface area contributed by atoms with Crippen LogP contribution < -0.4 is 9.62 Å². The van der Waals surface area contributed by atoms with Gasteiger partial charge in [0.25, 0.3) is 5.69 Å². The van der Waals surface area contributed by atoms with Gasteiger partial charge in [0.1, 0.15) is 0 Å². The zero-order valence-electron chi connectivity index (χ0n) is 15.2. The summed E-state index contributed by atoms with van der Waals surface area (Å²) in [4.78, 5) is 12.4. The third kappa shape index (κ3) is 4.64. The van der Waals surface area contributed by atoms with Crippen LogP contribution in [0.2, 0.25) is 0 Å². The molecule has 1 atom stereocenters. The molecule has 0 bridgehead atoms. The zero-order chi connectivity index (χ0) is 19.4. The number of sulfonamides is 1. The molecule has 8 heteroatoms. The molecule has 1 N–H and O–H groups in total. The molecule has 3 rings (SSSR count). The fourth-order valence-corrected chi connectivity index (χ4v) is 4.53. The number of benzene rings is 2. The van der Waals surface area contributed by atoms with Crippen LogP contribution in [0.4, 0.5) is 11.4 Å². The summed E-state index contributed by atoms with van der Waals surface area (Å²) in [5.74, 6) is 0.673. The number of anilines is 1. The van der Waals surface area contributed by atoms with E-state index in [9.17, 15) is 18.5 Å². The van der Waals surface area contributed by atoms with Gasteiger partial charge in [-0.2, -0.15) is 0 Å². The summed E-state index contributed by atoms with van der Waals surface area (Å²) in [5.41, 5.74) is 1.50. The van der Waals surface area contributed by atoms with E-state index in [1.807, 2.05) is 24.3 Å². The molecule has 0 spiro atoms. The number of hydrogen-bond donors (Lipinski definition) is 1. The number of piperidine rings is 1. The molecule has 7 nitrogen and oxygen atoms in total. The summed E-state index contributed by atoms with van der Waals surface area (Å²) >= 11 is 0. The van der Waals surface area contributed by atoms with Gasteiger partial charge in [-0.1, -0.05) is 31.2 Å². The Morgan fingerprint density at radius 3 is 2.56 bits per heavy atom. The second-order valence-electron chi connectivity index (χ2n) is 6.91. The van der Waals surface area contributed by atoms with E-state index < -0.39 is 20.6 Å². The number of nitrogens with zero attached hydrogens (tertiary/aromatic N) is 2. The molecule has 1 heterocycles. The molecule has 1 fully saturated rings. The van der Waals surface area contributed by atoms with Gasteiger partial charge in [-0.3, -0.25) is 10.1 Å². The van der Waals surface area contributed by atoms with E-state index in [4.69, 9.17) is 0 Å². The van der Waals surface area contributed by atoms with Crippen molar-refractivity contribution in [2.45, 2.75) is 31.2 Å². The predicted molar refractivity (Wildman–Crippen MR) is 104 cm³/mol. The monoisotopic (exact) mass is 389 g/mol. The molecule has 0 aromatic heterocycles. The van der Waals surface area contributed by atoms with E-state index in [-0.39, 0.29) is 11.4 Å². The molecule has 2 aromatic carbocycles. The maximum absolute atomic E-state index is 12.5. The summed E-state index contributed by atoms with van der Waals surface area (Å²) < 4.78 is 27.4. The van der Waals surface area contributed by atoms with Gasteiger partial charge < -0.3 is 4.90 Å². The molecule has 0 aliphatic carbocycles. The fourth-order valence-electron chi connectivity index (χ4n) is 3.34. The highest BCUT2D eigenvalue weighted by atomic mass is 32.2. The van der Waals surface area contributed by atoms with Crippen LogP contribution in [0.25, 0.3) is 0 Å². The quantitative estimate of drug-likeness (QED) is 0.604. The Morgan fingerprint density at radius 1 is 1.19 bits per heavy atom.